The van der Waals surface area contributed by atoms with E-state index in [9.17, 15) is 9.59 Å². The summed E-state index contributed by atoms with van der Waals surface area (Å²) in [5.74, 6) is 1.35. The second-order valence-electron chi connectivity index (χ2n) is 8.80. The molecule has 0 bridgehead atoms. The Kier molecular flexibility index (Phi) is 8.59. The molecular formula is C26H33NO3S. The lowest BCUT2D eigenvalue weighted by atomic mass is 9.69. The molecule has 0 aromatic heterocycles. The summed E-state index contributed by atoms with van der Waals surface area (Å²) in [6, 6.07) is 16.8. The van der Waals surface area contributed by atoms with Gasteiger partial charge in [0.1, 0.15) is 5.75 Å². The molecule has 0 spiro atoms. The molecule has 4 nitrogen and oxygen atoms in total. The van der Waals surface area contributed by atoms with Crippen LogP contribution in [-0.2, 0) is 9.59 Å². The molecule has 0 heterocycles. The highest BCUT2D eigenvalue weighted by Gasteiger charge is 2.39. The van der Waals surface area contributed by atoms with Gasteiger partial charge in [0.05, 0.1) is 5.69 Å². The zero-order valence-corrected chi connectivity index (χ0v) is 19.4. The number of benzene rings is 2. The third-order valence-electron chi connectivity index (χ3n) is 5.95. The van der Waals surface area contributed by atoms with Crippen molar-refractivity contribution in [1.82, 2.24) is 0 Å². The van der Waals surface area contributed by atoms with Gasteiger partial charge < -0.3 is 10.1 Å². The molecule has 3 rings (SSSR count). The summed E-state index contributed by atoms with van der Waals surface area (Å²) in [6.07, 6.45) is 7.30. The van der Waals surface area contributed by atoms with Gasteiger partial charge in [-0.2, -0.15) is 0 Å². The molecule has 2 aromatic rings. The smallest absolute Gasteiger partial charge is 0.231 e. The first-order valence-electron chi connectivity index (χ1n) is 11.3. The number of amides is 1. The van der Waals surface area contributed by atoms with Crippen molar-refractivity contribution in [2.24, 2.45) is 11.3 Å². The number of hydrogen-bond donors (Lipinski definition) is 1. The fourth-order valence-corrected chi connectivity index (χ4v) is 4.85. The van der Waals surface area contributed by atoms with E-state index in [1.54, 1.807) is 0 Å². The second kappa shape index (κ2) is 11.4. The summed E-state index contributed by atoms with van der Waals surface area (Å²) >= 11 is 1.12. The number of carbonyl (C=O) groups is 2. The Labute approximate surface area is 190 Å². The van der Waals surface area contributed by atoms with E-state index in [-0.39, 0.29) is 23.0 Å². The SMILES string of the molecule is CC(C)CCC1(C(=O)Nc2ccccc2SC(=O)COc2ccccc2)CCCCC1. The quantitative estimate of drug-likeness (QED) is 0.441. The van der Waals surface area contributed by atoms with Crippen LogP contribution in [0.5, 0.6) is 5.75 Å². The zero-order chi connectivity index (χ0) is 22.1. The Morgan fingerprint density at radius 3 is 2.39 bits per heavy atom. The molecular weight excluding hydrogens is 406 g/mol. The van der Waals surface area contributed by atoms with Gasteiger partial charge in [-0.15, -0.1) is 0 Å². The molecule has 0 aliphatic heterocycles. The van der Waals surface area contributed by atoms with Gasteiger partial charge in [0.25, 0.3) is 0 Å². The minimum atomic E-state index is -0.291. The maximum absolute atomic E-state index is 13.4. The predicted molar refractivity (Wildman–Crippen MR) is 127 cm³/mol. The van der Waals surface area contributed by atoms with Crippen LogP contribution < -0.4 is 10.1 Å². The maximum Gasteiger partial charge on any atom is 0.231 e. The third-order valence-corrected chi connectivity index (χ3v) is 6.87. The first-order chi connectivity index (χ1) is 15.0. The average Bonchev–Trinajstić information content (AvgIpc) is 2.79. The van der Waals surface area contributed by atoms with Crippen LogP contribution in [0.25, 0.3) is 0 Å². The highest BCUT2D eigenvalue weighted by Crippen LogP contribution is 2.42. The highest BCUT2D eigenvalue weighted by atomic mass is 32.2. The molecule has 1 fully saturated rings. The van der Waals surface area contributed by atoms with Crippen LogP contribution in [0.2, 0.25) is 0 Å². The summed E-state index contributed by atoms with van der Waals surface area (Å²) in [6.45, 7) is 4.41. The number of ether oxygens (including phenoxy) is 1. The van der Waals surface area contributed by atoms with Crippen LogP contribution in [0.15, 0.2) is 59.5 Å². The molecule has 0 saturated heterocycles. The number of anilines is 1. The summed E-state index contributed by atoms with van der Waals surface area (Å²) in [5.41, 5.74) is 0.417. The normalized spacial score (nSPS) is 15.5. The fraction of sp³-hybridized carbons (Fsp3) is 0.462. The summed E-state index contributed by atoms with van der Waals surface area (Å²) < 4.78 is 5.57. The number of para-hydroxylation sites is 2. The van der Waals surface area contributed by atoms with E-state index in [4.69, 9.17) is 4.74 Å². The van der Waals surface area contributed by atoms with E-state index >= 15 is 0 Å². The van der Waals surface area contributed by atoms with Crippen LogP contribution in [0.1, 0.15) is 58.8 Å². The van der Waals surface area contributed by atoms with E-state index in [1.807, 2.05) is 54.6 Å². The summed E-state index contributed by atoms with van der Waals surface area (Å²) in [5, 5.41) is 3.07. The first-order valence-corrected chi connectivity index (χ1v) is 12.1. The molecule has 0 atom stereocenters. The van der Waals surface area contributed by atoms with E-state index in [0.29, 0.717) is 17.4 Å². The predicted octanol–water partition coefficient (Wildman–Crippen LogP) is 6.71. The number of thioether (sulfide) groups is 1. The molecule has 5 heteroatoms. The number of nitrogens with one attached hydrogen (secondary N) is 1. The number of carbonyl (C=O) groups excluding carboxylic acids is 2. The fourth-order valence-electron chi connectivity index (χ4n) is 4.11. The third kappa shape index (κ3) is 6.86. The lowest BCUT2D eigenvalue weighted by Crippen LogP contribution is -2.38. The first kappa shape index (κ1) is 23.4. The topological polar surface area (TPSA) is 55.4 Å². The van der Waals surface area contributed by atoms with Crippen molar-refractivity contribution in [3.8, 4) is 5.75 Å². The molecule has 1 aliphatic carbocycles. The van der Waals surface area contributed by atoms with Crippen LogP contribution in [-0.4, -0.2) is 17.6 Å². The minimum Gasteiger partial charge on any atom is -0.485 e. The Morgan fingerprint density at radius 1 is 1.00 bits per heavy atom. The molecule has 2 aromatic carbocycles. The summed E-state index contributed by atoms with van der Waals surface area (Å²) in [4.78, 5) is 26.7. The molecule has 0 unspecified atom stereocenters. The second-order valence-corrected chi connectivity index (χ2v) is 9.90. The molecule has 31 heavy (non-hydrogen) atoms. The van der Waals surface area contributed by atoms with Crippen LogP contribution >= 0.6 is 11.8 Å². The molecule has 1 saturated carbocycles. The van der Waals surface area contributed by atoms with Gasteiger partial charge in [-0.1, -0.05) is 63.4 Å². The molecule has 1 aliphatic rings. The molecule has 1 N–H and O–H groups in total. The van der Waals surface area contributed by atoms with Gasteiger partial charge in [-0.25, -0.2) is 0 Å². The van der Waals surface area contributed by atoms with Crippen molar-refractivity contribution in [2.75, 3.05) is 11.9 Å². The van der Waals surface area contributed by atoms with Gasteiger partial charge in [-0.05, 0) is 67.6 Å². The van der Waals surface area contributed by atoms with E-state index in [0.717, 1.165) is 55.2 Å². The van der Waals surface area contributed by atoms with Gasteiger partial charge in [0.2, 0.25) is 11.0 Å². The Hall–Kier alpha value is -2.27. The molecule has 1 amide bonds. The lowest BCUT2D eigenvalue weighted by Gasteiger charge is -2.36. The largest absolute Gasteiger partial charge is 0.485 e. The zero-order valence-electron chi connectivity index (χ0n) is 18.6. The van der Waals surface area contributed by atoms with Crippen molar-refractivity contribution in [3.05, 3.63) is 54.6 Å². The monoisotopic (exact) mass is 439 g/mol. The Balaban J connectivity index is 1.65. The van der Waals surface area contributed by atoms with Crippen molar-refractivity contribution in [1.29, 1.82) is 0 Å². The van der Waals surface area contributed by atoms with E-state index in [2.05, 4.69) is 19.2 Å². The van der Waals surface area contributed by atoms with Crippen LogP contribution in [0, 0.1) is 11.3 Å². The van der Waals surface area contributed by atoms with Crippen molar-refractivity contribution >= 4 is 28.5 Å². The van der Waals surface area contributed by atoms with Crippen LogP contribution in [0.3, 0.4) is 0 Å². The van der Waals surface area contributed by atoms with Gasteiger partial charge >= 0.3 is 0 Å². The Bertz CT molecular complexity index is 860. The minimum absolute atomic E-state index is 0.0186. The van der Waals surface area contributed by atoms with Gasteiger partial charge in [0, 0.05) is 10.3 Å². The lowest BCUT2D eigenvalue weighted by molar-refractivity contribution is -0.128. The Morgan fingerprint density at radius 2 is 1.68 bits per heavy atom. The number of rotatable bonds is 9. The van der Waals surface area contributed by atoms with Crippen molar-refractivity contribution in [2.45, 2.75) is 63.7 Å². The highest BCUT2D eigenvalue weighted by molar-refractivity contribution is 8.13. The number of hydrogen-bond acceptors (Lipinski definition) is 4. The molecule has 166 valence electrons. The van der Waals surface area contributed by atoms with Crippen molar-refractivity contribution in [3.63, 3.8) is 0 Å². The average molecular weight is 440 g/mol. The van der Waals surface area contributed by atoms with Crippen molar-refractivity contribution < 1.29 is 14.3 Å². The maximum atomic E-state index is 13.4. The van der Waals surface area contributed by atoms with Crippen LogP contribution in [0.4, 0.5) is 5.69 Å². The van der Waals surface area contributed by atoms with E-state index in [1.165, 1.54) is 6.42 Å². The summed E-state index contributed by atoms with van der Waals surface area (Å²) in [7, 11) is 0. The van der Waals surface area contributed by atoms with Gasteiger partial charge in [0.15, 0.2) is 6.61 Å². The van der Waals surface area contributed by atoms with Gasteiger partial charge in [-0.3, -0.25) is 9.59 Å². The van der Waals surface area contributed by atoms with E-state index < -0.39 is 0 Å². The standard InChI is InChI=1S/C26H33NO3S/c1-20(2)15-18-26(16-9-4-10-17-26)25(29)27-22-13-7-8-14-23(22)31-24(28)19-30-21-11-5-3-6-12-21/h3,5-8,11-14,20H,4,9-10,15-19H2,1-2H3,(H,27,29). The molecule has 0 radical (unpaired) electrons.